The van der Waals surface area contributed by atoms with Crippen molar-refractivity contribution in [3.05, 3.63) is 23.6 Å². The van der Waals surface area contributed by atoms with Crippen LogP contribution in [-0.4, -0.2) is 12.1 Å². The van der Waals surface area contributed by atoms with Gasteiger partial charge in [-0.1, -0.05) is 0 Å². The van der Waals surface area contributed by atoms with Crippen LogP contribution in [0.15, 0.2) is 12.1 Å². The molecule has 12 heavy (non-hydrogen) atoms. The van der Waals surface area contributed by atoms with Crippen LogP contribution in [0.25, 0.3) is 0 Å². The first kappa shape index (κ1) is 8.47. The standard InChI is InChI=1S/C8H7FN2O/c1-12-8-3-2-6(9)7(11-8)4-5-10/h2-3H,4H2,1H3. The minimum Gasteiger partial charge on any atom is -0.481 e. The molecule has 0 aliphatic heterocycles. The van der Waals surface area contributed by atoms with Crippen LogP contribution in [0.4, 0.5) is 4.39 Å². The fraction of sp³-hybridized carbons (Fsp3) is 0.250. The first-order chi connectivity index (χ1) is 5.77. The van der Waals surface area contributed by atoms with Crippen LogP contribution in [0.5, 0.6) is 5.88 Å². The minimum absolute atomic E-state index is 0.0387. The number of nitriles is 1. The van der Waals surface area contributed by atoms with Crippen molar-refractivity contribution in [1.29, 1.82) is 5.26 Å². The van der Waals surface area contributed by atoms with Crippen molar-refractivity contribution in [3.63, 3.8) is 0 Å². The van der Waals surface area contributed by atoms with Crippen LogP contribution in [-0.2, 0) is 6.42 Å². The van der Waals surface area contributed by atoms with Crippen LogP contribution < -0.4 is 4.74 Å². The van der Waals surface area contributed by atoms with Crippen molar-refractivity contribution in [2.45, 2.75) is 6.42 Å². The molecule has 0 spiro atoms. The fourth-order valence-electron chi connectivity index (χ4n) is 0.777. The number of rotatable bonds is 2. The Morgan fingerprint density at radius 1 is 1.67 bits per heavy atom. The number of halogens is 1. The molecular weight excluding hydrogens is 159 g/mol. The van der Waals surface area contributed by atoms with Crippen molar-refractivity contribution in [1.82, 2.24) is 4.98 Å². The highest BCUT2D eigenvalue weighted by Gasteiger charge is 2.04. The molecule has 1 aromatic rings. The van der Waals surface area contributed by atoms with Gasteiger partial charge in [-0.2, -0.15) is 5.26 Å². The molecular formula is C8H7FN2O. The van der Waals surface area contributed by atoms with Crippen molar-refractivity contribution in [2.24, 2.45) is 0 Å². The summed E-state index contributed by atoms with van der Waals surface area (Å²) in [7, 11) is 1.44. The van der Waals surface area contributed by atoms with Gasteiger partial charge in [-0.05, 0) is 6.07 Å². The molecule has 0 atom stereocenters. The van der Waals surface area contributed by atoms with Crippen LogP contribution in [0, 0.1) is 17.1 Å². The van der Waals surface area contributed by atoms with Crippen molar-refractivity contribution < 1.29 is 9.13 Å². The first-order valence-electron chi connectivity index (χ1n) is 3.34. The zero-order valence-electron chi connectivity index (χ0n) is 6.54. The number of methoxy groups -OCH3 is 1. The summed E-state index contributed by atoms with van der Waals surface area (Å²) in [5.74, 6) is -0.154. The highest BCUT2D eigenvalue weighted by Crippen LogP contribution is 2.11. The van der Waals surface area contributed by atoms with Gasteiger partial charge in [0.1, 0.15) is 5.82 Å². The second kappa shape index (κ2) is 3.67. The molecule has 0 fully saturated rings. The van der Waals surface area contributed by atoms with Gasteiger partial charge in [0.2, 0.25) is 5.88 Å². The summed E-state index contributed by atoms with van der Waals surface area (Å²) in [5, 5.41) is 8.31. The Kier molecular flexibility index (Phi) is 2.59. The van der Waals surface area contributed by atoms with E-state index in [0.717, 1.165) is 0 Å². The SMILES string of the molecule is COc1ccc(F)c(CC#N)n1. The third kappa shape index (κ3) is 1.70. The molecule has 1 aromatic heterocycles. The number of nitrogens with zero attached hydrogens (tertiary/aromatic N) is 2. The van der Waals surface area contributed by atoms with Crippen molar-refractivity contribution in [2.75, 3.05) is 7.11 Å². The second-order valence-electron chi connectivity index (χ2n) is 2.12. The van der Waals surface area contributed by atoms with Gasteiger partial charge in [0.05, 0.1) is 25.3 Å². The van der Waals surface area contributed by atoms with Crippen molar-refractivity contribution >= 4 is 0 Å². The highest BCUT2D eigenvalue weighted by atomic mass is 19.1. The van der Waals surface area contributed by atoms with Gasteiger partial charge in [-0.25, -0.2) is 9.37 Å². The molecule has 0 N–H and O–H groups in total. The summed E-state index contributed by atoms with van der Waals surface area (Å²) in [4.78, 5) is 3.76. The third-order valence-corrected chi connectivity index (χ3v) is 1.35. The lowest BCUT2D eigenvalue weighted by Gasteiger charge is -2.00. The first-order valence-corrected chi connectivity index (χ1v) is 3.34. The number of pyridine rings is 1. The Balaban J connectivity index is 3.01. The van der Waals surface area contributed by atoms with Crippen molar-refractivity contribution in [3.8, 4) is 11.9 Å². The molecule has 0 bridgehead atoms. The molecule has 0 saturated carbocycles. The highest BCUT2D eigenvalue weighted by molar-refractivity contribution is 5.19. The Hall–Kier alpha value is -1.63. The molecule has 0 aromatic carbocycles. The summed E-state index contributed by atoms with van der Waals surface area (Å²) in [6, 6.07) is 4.47. The van der Waals surface area contributed by atoms with E-state index in [1.165, 1.54) is 19.2 Å². The number of hydrogen-bond acceptors (Lipinski definition) is 3. The van der Waals surface area contributed by atoms with Gasteiger partial charge in [0.15, 0.2) is 0 Å². The Morgan fingerprint density at radius 3 is 3.00 bits per heavy atom. The van der Waals surface area contributed by atoms with E-state index >= 15 is 0 Å². The third-order valence-electron chi connectivity index (χ3n) is 1.35. The molecule has 0 amide bonds. The maximum absolute atomic E-state index is 12.8. The minimum atomic E-state index is -0.475. The average molecular weight is 166 g/mol. The topological polar surface area (TPSA) is 45.9 Å². The summed E-state index contributed by atoms with van der Waals surface area (Å²) in [6.07, 6.45) is -0.0387. The number of ether oxygens (including phenoxy) is 1. The Bertz CT molecular complexity index is 319. The Morgan fingerprint density at radius 2 is 2.42 bits per heavy atom. The molecule has 1 heterocycles. The smallest absolute Gasteiger partial charge is 0.213 e. The summed E-state index contributed by atoms with van der Waals surface area (Å²) in [5.41, 5.74) is 0.122. The molecule has 0 aliphatic carbocycles. The number of aromatic nitrogens is 1. The Labute approximate surface area is 69.4 Å². The van der Waals surface area contributed by atoms with Gasteiger partial charge in [0, 0.05) is 6.07 Å². The quantitative estimate of drug-likeness (QED) is 0.665. The number of hydrogen-bond donors (Lipinski definition) is 0. The molecule has 0 aliphatic rings. The zero-order chi connectivity index (χ0) is 8.97. The monoisotopic (exact) mass is 166 g/mol. The predicted octanol–water partition coefficient (Wildman–Crippen LogP) is 1.30. The van der Waals surface area contributed by atoms with E-state index in [1.807, 2.05) is 6.07 Å². The summed E-state index contributed by atoms with van der Waals surface area (Å²) in [6.45, 7) is 0. The van der Waals surface area contributed by atoms with Crippen LogP contribution >= 0.6 is 0 Å². The van der Waals surface area contributed by atoms with Gasteiger partial charge < -0.3 is 4.74 Å². The van der Waals surface area contributed by atoms with E-state index in [1.54, 1.807) is 0 Å². The molecule has 0 radical (unpaired) electrons. The second-order valence-corrected chi connectivity index (χ2v) is 2.12. The van der Waals surface area contributed by atoms with E-state index in [9.17, 15) is 4.39 Å². The van der Waals surface area contributed by atoms with E-state index in [0.29, 0.717) is 5.88 Å². The summed E-state index contributed by atoms with van der Waals surface area (Å²) >= 11 is 0. The maximum atomic E-state index is 12.8. The van der Waals surface area contributed by atoms with E-state index in [2.05, 4.69) is 4.98 Å². The van der Waals surface area contributed by atoms with Gasteiger partial charge in [-0.15, -0.1) is 0 Å². The molecule has 0 unspecified atom stereocenters. The molecule has 62 valence electrons. The van der Waals surface area contributed by atoms with Crippen LogP contribution in [0.3, 0.4) is 0 Å². The molecule has 4 heteroatoms. The largest absolute Gasteiger partial charge is 0.481 e. The average Bonchev–Trinajstić information content (AvgIpc) is 2.09. The fourth-order valence-corrected chi connectivity index (χ4v) is 0.777. The molecule has 0 saturated heterocycles. The molecule has 1 rings (SSSR count). The van der Waals surface area contributed by atoms with E-state index in [-0.39, 0.29) is 12.1 Å². The summed E-state index contributed by atoms with van der Waals surface area (Å²) < 4.78 is 17.6. The lowest BCUT2D eigenvalue weighted by molar-refractivity contribution is 0.394. The lowest BCUT2D eigenvalue weighted by atomic mass is 10.3. The van der Waals surface area contributed by atoms with Crippen LogP contribution in [0.1, 0.15) is 5.69 Å². The molecule has 3 nitrogen and oxygen atoms in total. The van der Waals surface area contributed by atoms with E-state index < -0.39 is 5.82 Å². The van der Waals surface area contributed by atoms with Gasteiger partial charge in [-0.3, -0.25) is 0 Å². The normalized spacial score (nSPS) is 9.08. The van der Waals surface area contributed by atoms with Gasteiger partial charge in [0.25, 0.3) is 0 Å². The predicted molar refractivity (Wildman–Crippen MR) is 40.1 cm³/mol. The van der Waals surface area contributed by atoms with Gasteiger partial charge >= 0.3 is 0 Å². The maximum Gasteiger partial charge on any atom is 0.213 e. The zero-order valence-corrected chi connectivity index (χ0v) is 6.54. The lowest BCUT2D eigenvalue weighted by Crippen LogP contribution is -1.96. The van der Waals surface area contributed by atoms with E-state index in [4.69, 9.17) is 10.00 Å². The van der Waals surface area contributed by atoms with Crippen LogP contribution in [0.2, 0.25) is 0 Å².